The van der Waals surface area contributed by atoms with Crippen molar-refractivity contribution >= 4 is 58.1 Å². The Hall–Kier alpha value is -4.51. The summed E-state index contributed by atoms with van der Waals surface area (Å²) in [5.74, 6) is 2.65. The summed E-state index contributed by atoms with van der Waals surface area (Å²) in [6, 6.07) is 2.10. The molecule has 0 radical (unpaired) electrons. The fourth-order valence-electron chi connectivity index (χ4n) is 8.94. The van der Waals surface area contributed by atoms with Crippen LogP contribution in [0.2, 0.25) is 10.0 Å². The zero-order chi connectivity index (χ0) is 38.8. The molecule has 0 spiro atoms. The van der Waals surface area contributed by atoms with Gasteiger partial charge >= 0.3 is 0 Å². The first-order chi connectivity index (χ1) is 26.1. The lowest BCUT2D eigenvalue weighted by Gasteiger charge is -2.30. The Morgan fingerprint density at radius 1 is 0.655 bits per heavy atom. The van der Waals surface area contributed by atoms with Crippen molar-refractivity contribution in [3.05, 3.63) is 65.2 Å². The average molecular weight is 790 g/mol. The molecular formula is C37H50Cl2N16. The molecule has 4 aliphatic rings. The number of anilines is 6. The summed E-state index contributed by atoms with van der Waals surface area (Å²) in [6.45, 7) is 18.2. The van der Waals surface area contributed by atoms with Crippen molar-refractivity contribution in [3.63, 3.8) is 0 Å². The van der Waals surface area contributed by atoms with Gasteiger partial charge in [-0.2, -0.15) is 25.3 Å². The van der Waals surface area contributed by atoms with Crippen LogP contribution in [0.25, 0.3) is 0 Å². The van der Waals surface area contributed by atoms with Crippen LogP contribution in [0.1, 0.15) is 33.4 Å². The molecule has 0 saturated carbocycles. The molecule has 3 N–H and O–H groups in total. The normalized spacial score (nSPS) is 27.3. The number of rotatable bonds is 8. The molecule has 18 heteroatoms. The van der Waals surface area contributed by atoms with Gasteiger partial charge in [0.25, 0.3) is 0 Å². The second-order valence-corrected chi connectivity index (χ2v) is 17.8. The van der Waals surface area contributed by atoms with Crippen LogP contribution in [0.15, 0.2) is 49.4 Å². The zero-order valence-corrected chi connectivity index (χ0v) is 34.1. The average Bonchev–Trinajstić information content (AvgIpc) is 3.97. The van der Waals surface area contributed by atoms with Crippen LogP contribution in [0.5, 0.6) is 0 Å². The number of hydrogen-bond donors (Lipinski definition) is 3. The maximum Gasteiger partial charge on any atom is 0.229 e. The van der Waals surface area contributed by atoms with Crippen molar-refractivity contribution in [3.8, 4) is 0 Å². The van der Waals surface area contributed by atoms with Crippen molar-refractivity contribution in [2.24, 2.45) is 42.8 Å². The van der Waals surface area contributed by atoms with E-state index in [0.717, 1.165) is 87.6 Å². The summed E-state index contributed by atoms with van der Waals surface area (Å²) in [7, 11) is 5.71. The van der Waals surface area contributed by atoms with Gasteiger partial charge in [0.05, 0.1) is 41.9 Å². The van der Waals surface area contributed by atoms with Crippen molar-refractivity contribution < 1.29 is 0 Å². The van der Waals surface area contributed by atoms with Crippen molar-refractivity contribution in [2.75, 3.05) is 72.8 Å². The molecule has 55 heavy (non-hydrogen) atoms. The number of hydrogen-bond acceptors (Lipinski definition) is 13. The highest BCUT2D eigenvalue weighted by Crippen LogP contribution is 2.53. The van der Waals surface area contributed by atoms with Crippen LogP contribution in [0.4, 0.5) is 34.9 Å². The molecule has 5 aromatic rings. The first-order valence-electron chi connectivity index (χ1n) is 18.6. The van der Waals surface area contributed by atoms with Crippen LogP contribution in [-0.4, -0.2) is 107 Å². The number of nitrogens with zero attached hydrogens (tertiary/aromatic N) is 13. The molecule has 292 valence electrons. The van der Waals surface area contributed by atoms with Gasteiger partial charge in [0.1, 0.15) is 10.0 Å². The molecule has 4 saturated heterocycles. The minimum atomic E-state index is 0.146. The topological polar surface area (TPSA) is 151 Å². The first kappa shape index (κ1) is 37.4. The molecule has 4 atom stereocenters. The molecule has 16 nitrogen and oxygen atoms in total. The van der Waals surface area contributed by atoms with Crippen LogP contribution in [-0.2, 0) is 27.7 Å². The Bertz CT molecular complexity index is 2140. The third kappa shape index (κ3) is 7.20. The monoisotopic (exact) mass is 788 g/mol. The van der Waals surface area contributed by atoms with Gasteiger partial charge in [-0.05, 0) is 6.07 Å². The molecule has 0 aromatic carbocycles. The summed E-state index contributed by atoms with van der Waals surface area (Å²) in [6.07, 6.45) is 12.6. The second kappa shape index (κ2) is 13.9. The molecule has 9 heterocycles. The van der Waals surface area contributed by atoms with E-state index in [2.05, 4.69) is 94.7 Å². The van der Waals surface area contributed by atoms with E-state index in [9.17, 15) is 0 Å². The maximum atomic E-state index is 6.54. The van der Waals surface area contributed by atoms with E-state index in [1.54, 1.807) is 34.2 Å². The van der Waals surface area contributed by atoms with Gasteiger partial charge in [-0.3, -0.25) is 18.9 Å². The van der Waals surface area contributed by atoms with E-state index in [-0.39, 0.29) is 21.7 Å². The van der Waals surface area contributed by atoms with Crippen LogP contribution >= 0.6 is 23.2 Å². The summed E-state index contributed by atoms with van der Waals surface area (Å²) in [5, 5.41) is 24.0. The molecule has 5 aromatic heterocycles. The highest BCUT2D eigenvalue weighted by molar-refractivity contribution is 6.33. The van der Waals surface area contributed by atoms with Crippen molar-refractivity contribution in [2.45, 2.75) is 34.2 Å². The number of likely N-dealkylation sites (tertiary alicyclic amines) is 1. The Morgan fingerprint density at radius 2 is 1.13 bits per heavy atom. The molecule has 0 bridgehead atoms. The molecule has 0 amide bonds. The van der Waals surface area contributed by atoms with Gasteiger partial charge in [0, 0.05) is 120 Å². The van der Waals surface area contributed by atoms with E-state index in [1.165, 1.54) is 0 Å². The van der Waals surface area contributed by atoms with Crippen molar-refractivity contribution in [1.82, 2.24) is 59.5 Å². The Morgan fingerprint density at radius 3 is 1.55 bits per heavy atom. The minimum absolute atomic E-state index is 0.146. The summed E-state index contributed by atoms with van der Waals surface area (Å²) in [5.41, 5.74) is 3.58. The van der Waals surface area contributed by atoms with Crippen LogP contribution in [0, 0.1) is 21.7 Å². The SMILES string of the molecule is Cn1cc(Nc2ncc(Cl)c(N3C[C@]4(C)CN(Cc5ccn(C)n5)C[C@]4(C)C3)n2)cn1.Cn1cc(Nc2ncc(Cl)c(N3C[C@]4(C)CNC[C@]4(C)C3)n2)cn1. The predicted molar refractivity (Wildman–Crippen MR) is 215 cm³/mol. The fraction of sp³-hybridized carbons (Fsp3) is 0.541. The smallest absolute Gasteiger partial charge is 0.229 e. The standard InChI is InChI=1S/C21H28ClN9.C16H22ClN7/c1-20-11-30(10-15-5-6-28(3)27-15)12-21(20,2)14-31(13-20)18-17(22)8-23-19(26-18)25-16-7-24-29(4)9-16;1-15-7-18-8-16(15,2)10-24(9-15)13-12(17)5-19-14(22-13)21-11-4-20-23(3)6-11/h5-9H,10-14H2,1-4H3,(H,23,25,26);4-6,18H,7-10H2,1-3H3,(H,19,21,22)/t20-,21+;15-,16+. The lowest BCUT2D eigenvalue weighted by molar-refractivity contribution is 0.212. The largest absolute Gasteiger partial charge is 0.354 e. The fourth-order valence-corrected chi connectivity index (χ4v) is 9.36. The lowest BCUT2D eigenvalue weighted by Crippen LogP contribution is -2.34. The lowest BCUT2D eigenvalue weighted by atomic mass is 9.71. The highest BCUT2D eigenvalue weighted by Gasteiger charge is 2.58. The summed E-state index contributed by atoms with van der Waals surface area (Å²) >= 11 is 12.9. The highest BCUT2D eigenvalue weighted by atomic mass is 35.5. The van der Waals surface area contributed by atoms with E-state index < -0.39 is 0 Å². The molecule has 4 fully saturated rings. The Kier molecular flexibility index (Phi) is 9.46. The molecule has 4 aliphatic heterocycles. The first-order valence-corrected chi connectivity index (χ1v) is 19.4. The van der Waals surface area contributed by atoms with Gasteiger partial charge < -0.3 is 25.8 Å². The number of fused-ring (bicyclic) bond motifs is 2. The zero-order valence-electron chi connectivity index (χ0n) is 32.6. The maximum absolute atomic E-state index is 6.54. The van der Waals surface area contributed by atoms with E-state index >= 15 is 0 Å². The third-order valence-electron chi connectivity index (χ3n) is 12.4. The number of aryl methyl sites for hydroxylation is 3. The third-order valence-corrected chi connectivity index (χ3v) is 12.9. The quantitative estimate of drug-likeness (QED) is 0.199. The minimum Gasteiger partial charge on any atom is -0.354 e. The molecule has 0 aliphatic carbocycles. The molecule has 9 rings (SSSR count). The molecular weight excluding hydrogens is 739 g/mol. The number of halogens is 2. The van der Waals surface area contributed by atoms with E-state index in [1.807, 2.05) is 44.4 Å². The van der Waals surface area contributed by atoms with Crippen molar-refractivity contribution in [1.29, 1.82) is 0 Å². The van der Waals surface area contributed by atoms with Gasteiger partial charge in [-0.15, -0.1) is 0 Å². The van der Waals surface area contributed by atoms with Gasteiger partial charge in [0.15, 0.2) is 11.6 Å². The number of aromatic nitrogens is 10. The Balaban J connectivity index is 0.000000160. The van der Waals surface area contributed by atoms with Gasteiger partial charge in [-0.1, -0.05) is 50.9 Å². The summed E-state index contributed by atoms with van der Waals surface area (Å²) in [4.78, 5) is 25.2. The second-order valence-electron chi connectivity index (χ2n) is 17.0. The summed E-state index contributed by atoms with van der Waals surface area (Å²) < 4.78 is 5.33. The van der Waals surface area contributed by atoms with Gasteiger partial charge in [0.2, 0.25) is 11.9 Å². The number of nitrogens with one attached hydrogen (secondary N) is 3. The van der Waals surface area contributed by atoms with Crippen LogP contribution in [0.3, 0.4) is 0 Å². The van der Waals surface area contributed by atoms with Crippen LogP contribution < -0.4 is 25.8 Å². The van der Waals surface area contributed by atoms with E-state index in [0.29, 0.717) is 21.9 Å². The van der Waals surface area contributed by atoms with E-state index in [4.69, 9.17) is 28.2 Å². The molecule has 0 unspecified atom stereocenters. The predicted octanol–water partition coefficient (Wildman–Crippen LogP) is 4.73. The Labute approximate surface area is 331 Å². The van der Waals surface area contributed by atoms with Gasteiger partial charge in [-0.25, -0.2) is 9.97 Å².